The lowest BCUT2D eigenvalue weighted by Crippen LogP contribution is -2.19. The Morgan fingerprint density at radius 2 is 2.14 bits per heavy atom. The molecule has 0 aliphatic rings. The predicted octanol–water partition coefficient (Wildman–Crippen LogP) is 3.62. The molecule has 0 atom stereocenters. The zero-order valence-corrected chi connectivity index (χ0v) is 13.7. The minimum absolute atomic E-state index is 0.634. The lowest BCUT2D eigenvalue weighted by atomic mass is 10.2. The van der Waals surface area contributed by atoms with Gasteiger partial charge in [-0.3, -0.25) is 4.57 Å². The molecule has 0 saturated carbocycles. The summed E-state index contributed by atoms with van der Waals surface area (Å²) in [5.74, 6) is 2.39. The van der Waals surface area contributed by atoms with Gasteiger partial charge in [0, 0.05) is 31.6 Å². The van der Waals surface area contributed by atoms with Crippen LogP contribution in [0, 0.1) is 5.92 Å². The van der Waals surface area contributed by atoms with E-state index in [2.05, 4.69) is 36.1 Å². The molecule has 0 amide bonds. The monoisotopic (exact) mass is 306 g/mol. The summed E-state index contributed by atoms with van der Waals surface area (Å²) in [6.45, 7) is 8.29. The topological polar surface area (TPSA) is 42.7 Å². The van der Waals surface area contributed by atoms with Crippen LogP contribution in [0.15, 0.2) is 24.7 Å². The van der Waals surface area contributed by atoms with E-state index in [1.54, 1.807) is 6.20 Å². The maximum Gasteiger partial charge on any atom is 0.156 e. The highest BCUT2D eigenvalue weighted by atomic mass is 35.5. The van der Waals surface area contributed by atoms with E-state index in [0.717, 1.165) is 43.1 Å². The number of hydrogen-bond donors (Lipinski definition) is 1. The van der Waals surface area contributed by atoms with Gasteiger partial charge in [-0.15, -0.1) is 0 Å². The van der Waals surface area contributed by atoms with Crippen LogP contribution in [0.25, 0.3) is 5.82 Å². The Balaban J connectivity index is 2.13. The number of nitrogens with one attached hydrogen (secondary N) is 1. The third-order valence-corrected chi connectivity index (χ3v) is 3.46. The number of rotatable bonds is 7. The van der Waals surface area contributed by atoms with E-state index >= 15 is 0 Å². The van der Waals surface area contributed by atoms with Crippen LogP contribution in [0.1, 0.15) is 38.6 Å². The van der Waals surface area contributed by atoms with E-state index in [0.29, 0.717) is 10.9 Å². The number of aryl methyl sites for hydroxylation is 1. The molecule has 2 heterocycles. The van der Waals surface area contributed by atoms with Crippen LogP contribution in [0.5, 0.6) is 0 Å². The summed E-state index contributed by atoms with van der Waals surface area (Å²) in [7, 11) is 0. The van der Waals surface area contributed by atoms with Crippen molar-refractivity contribution in [1.29, 1.82) is 0 Å². The molecular formula is C16H23ClN4. The number of halogens is 1. The molecule has 2 aromatic rings. The first-order chi connectivity index (χ1) is 10.1. The first kappa shape index (κ1) is 16.0. The molecular weight excluding hydrogens is 284 g/mol. The zero-order valence-electron chi connectivity index (χ0n) is 12.9. The number of aromatic nitrogens is 3. The molecule has 0 bridgehead atoms. The fraction of sp³-hybridized carbons (Fsp3) is 0.500. The van der Waals surface area contributed by atoms with Gasteiger partial charge in [-0.2, -0.15) is 0 Å². The van der Waals surface area contributed by atoms with Gasteiger partial charge in [0.15, 0.2) is 5.82 Å². The normalized spacial score (nSPS) is 11.3. The molecule has 21 heavy (non-hydrogen) atoms. The number of nitrogens with zero attached hydrogens (tertiary/aromatic N) is 3. The summed E-state index contributed by atoms with van der Waals surface area (Å²) in [5, 5.41) is 4.06. The largest absolute Gasteiger partial charge is 0.312 e. The third kappa shape index (κ3) is 4.29. The summed E-state index contributed by atoms with van der Waals surface area (Å²) in [5.41, 5.74) is 1.10. The molecule has 0 saturated heterocycles. The Hall–Kier alpha value is -1.39. The van der Waals surface area contributed by atoms with Gasteiger partial charge in [0.2, 0.25) is 0 Å². The molecule has 5 heteroatoms. The second-order valence-electron chi connectivity index (χ2n) is 5.64. The van der Waals surface area contributed by atoms with Gasteiger partial charge in [-0.05, 0) is 30.5 Å². The number of hydrogen-bond acceptors (Lipinski definition) is 3. The second-order valence-corrected chi connectivity index (χ2v) is 6.04. The minimum Gasteiger partial charge on any atom is -0.312 e. The van der Waals surface area contributed by atoms with Crippen LogP contribution in [0.4, 0.5) is 0 Å². The maximum atomic E-state index is 6.40. The van der Waals surface area contributed by atoms with Crippen LogP contribution in [-0.4, -0.2) is 21.1 Å². The number of pyridine rings is 1. The van der Waals surface area contributed by atoms with Gasteiger partial charge >= 0.3 is 0 Å². The summed E-state index contributed by atoms with van der Waals surface area (Å²) < 4.78 is 1.97. The number of imidazole rings is 1. The fourth-order valence-corrected chi connectivity index (χ4v) is 2.47. The van der Waals surface area contributed by atoms with Gasteiger partial charge in [0.05, 0.1) is 5.02 Å². The summed E-state index contributed by atoms with van der Waals surface area (Å²) in [6.07, 6.45) is 7.55. The molecule has 0 radical (unpaired) electrons. The zero-order chi connectivity index (χ0) is 15.2. The first-order valence-corrected chi connectivity index (χ1v) is 7.87. The summed E-state index contributed by atoms with van der Waals surface area (Å²) >= 11 is 6.40. The highest BCUT2D eigenvalue weighted by Gasteiger charge is 2.10. The summed E-state index contributed by atoms with van der Waals surface area (Å²) in [6, 6.07) is 1.98. The highest BCUT2D eigenvalue weighted by molar-refractivity contribution is 6.32. The van der Waals surface area contributed by atoms with E-state index in [9.17, 15) is 0 Å². The van der Waals surface area contributed by atoms with Crippen molar-refractivity contribution >= 4 is 11.6 Å². The molecule has 1 N–H and O–H groups in total. The van der Waals surface area contributed by atoms with E-state index in [1.807, 2.05) is 23.0 Å². The SMILES string of the molecule is CCCc1nccn1-c1ncc(CNCC(C)C)cc1Cl. The lowest BCUT2D eigenvalue weighted by Gasteiger charge is -2.11. The molecule has 0 aromatic carbocycles. The van der Waals surface area contributed by atoms with Crippen LogP contribution >= 0.6 is 11.6 Å². The molecule has 0 unspecified atom stereocenters. The van der Waals surface area contributed by atoms with Crippen molar-refractivity contribution in [3.05, 3.63) is 41.1 Å². The first-order valence-electron chi connectivity index (χ1n) is 7.49. The van der Waals surface area contributed by atoms with Crippen LogP contribution in [0.3, 0.4) is 0 Å². The maximum absolute atomic E-state index is 6.40. The quantitative estimate of drug-likeness (QED) is 0.849. The average Bonchev–Trinajstić information content (AvgIpc) is 2.87. The van der Waals surface area contributed by atoms with E-state index < -0.39 is 0 Å². The van der Waals surface area contributed by atoms with Crippen molar-refractivity contribution in [2.24, 2.45) is 5.92 Å². The molecule has 2 rings (SSSR count). The standard InChI is InChI=1S/C16H23ClN4/c1-4-5-15-19-6-7-21(15)16-14(17)8-13(11-20-16)10-18-9-12(2)3/h6-8,11-12,18H,4-5,9-10H2,1-3H3. The van der Waals surface area contributed by atoms with Crippen molar-refractivity contribution in [1.82, 2.24) is 19.9 Å². The third-order valence-electron chi connectivity index (χ3n) is 3.18. The minimum atomic E-state index is 0.634. The van der Waals surface area contributed by atoms with Crippen molar-refractivity contribution in [2.45, 2.75) is 40.2 Å². The Kier molecular flexibility index (Phi) is 5.76. The molecule has 114 valence electrons. The molecule has 0 aliphatic heterocycles. The predicted molar refractivity (Wildman–Crippen MR) is 86.9 cm³/mol. The second kappa shape index (κ2) is 7.57. The Labute approximate surface area is 131 Å². The van der Waals surface area contributed by atoms with Crippen LogP contribution in [0.2, 0.25) is 5.02 Å². The van der Waals surface area contributed by atoms with Gasteiger partial charge in [0.1, 0.15) is 5.82 Å². The van der Waals surface area contributed by atoms with Crippen molar-refractivity contribution < 1.29 is 0 Å². The van der Waals surface area contributed by atoms with Crippen LogP contribution < -0.4 is 5.32 Å². The lowest BCUT2D eigenvalue weighted by molar-refractivity contribution is 0.552. The van der Waals surface area contributed by atoms with Crippen molar-refractivity contribution in [3.8, 4) is 5.82 Å². The fourth-order valence-electron chi connectivity index (χ4n) is 2.19. The van der Waals surface area contributed by atoms with Crippen molar-refractivity contribution in [2.75, 3.05) is 6.54 Å². The van der Waals surface area contributed by atoms with Gasteiger partial charge in [-0.1, -0.05) is 32.4 Å². The molecule has 0 fully saturated rings. The van der Waals surface area contributed by atoms with E-state index in [-0.39, 0.29) is 0 Å². The Morgan fingerprint density at radius 1 is 1.33 bits per heavy atom. The van der Waals surface area contributed by atoms with Crippen molar-refractivity contribution in [3.63, 3.8) is 0 Å². The summed E-state index contributed by atoms with van der Waals surface area (Å²) in [4.78, 5) is 8.88. The van der Waals surface area contributed by atoms with E-state index in [4.69, 9.17) is 11.6 Å². The average molecular weight is 307 g/mol. The molecule has 4 nitrogen and oxygen atoms in total. The smallest absolute Gasteiger partial charge is 0.156 e. The molecule has 2 aromatic heterocycles. The van der Waals surface area contributed by atoms with Gasteiger partial charge < -0.3 is 5.32 Å². The van der Waals surface area contributed by atoms with Gasteiger partial charge in [-0.25, -0.2) is 9.97 Å². The van der Waals surface area contributed by atoms with E-state index in [1.165, 1.54) is 0 Å². The van der Waals surface area contributed by atoms with Crippen LogP contribution in [-0.2, 0) is 13.0 Å². The Bertz CT molecular complexity index is 577. The Morgan fingerprint density at radius 3 is 2.81 bits per heavy atom. The van der Waals surface area contributed by atoms with Gasteiger partial charge in [0.25, 0.3) is 0 Å². The molecule has 0 aliphatic carbocycles. The molecule has 0 spiro atoms. The highest BCUT2D eigenvalue weighted by Crippen LogP contribution is 2.21.